The number of aromatic nitrogens is 2. The van der Waals surface area contributed by atoms with Gasteiger partial charge in [-0.1, -0.05) is 17.7 Å². The van der Waals surface area contributed by atoms with E-state index in [0.717, 1.165) is 18.5 Å². The molecule has 110 valence electrons. The first kappa shape index (κ1) is 13.3. The van der Waals surface area contributed by atoms with E-state index in [0.29, 0.717) is 34.1 Å². The van der Waals surface area contributed by atoms with Gasteiger partial charge in [0.1, 0.15) is 0 Å². The molecule has 1 aliphatic heterocycles. The zero-order valence-corrected chi connectivity index (χ0v) is 12.5. The number of pyridine rings is 2. The molecule has 1 aromatic carbocycles. The first-order valence-electron chi connectivity index (χ1n) is 7.17. The Morgan fingerprint density at radius 2 is 2.14 bits per heavy atom. The van der Waals surface area contributed by atoms with Crippen LogP contribution in [0.4, 0.5) is 0 Å². The number of nitrogens with zero attached hydrogens (tertiary/aromatic N) is 2. The van der Waals surface area contributed by atoms with E-state index in [1.807, 2.05) is 28.8 Å². The van der Waals surface area contributed by atoms with Crippen molar-refractivity contribution >= 4 is 22.6 Å². The van der Waals surface area contributed by atoms with Gasteiger partial charge in [-0.05, 0) is 43.2 Å². The molecule has 3 aromatic rings. The summed E-state index contributed by atoms with van der Waals surface area (Å²) >= 11 is 6.12. The average Bonchev–Trinajstić information content (AvgIpc) is 2.55. The Bertz CT molecular complexity index is 934. The van der Waals surface area contributed by atoms with Crippen LogP contribution in [0.3, 0.4) is 0 Å². The Morgan fingerprint density at radius 3 is 3.00 bits per heavy atom. The van der Waals surface area contributed by atoms with Crippen molar-refractivity contribution < 1.29 is 4.74 Å². The van der Waals surface area contributed by atoms with Crippen LogP contribution >= 0.6 is 11.6 Å². The Balaban J connectivity index is 2.16. The van der Waals surface area contributed by atoms with Crippen LogP contribution in [0, 0.1) is 0 Å². The van der Waals surface area contributed by atoms with E-state index in [1.54, 1.807) is 18.3 Å². The van der Waals surface area contributed by atoms with Gasteiger partial charge in [0, 0.05) is 11.2 Å². The summed E-state index contributed by atoms with van der Waals surface area (Å²) in [5.41, 5.74) is 2.16. The van der Waals surface area contributed by atoms with E-state index >= 15 is 0 Å². The van der Waals surface area contributed by atoms with Gasteiger partial charge in [0.2, 0.25) is 5.88 Å². The van der Waals surface area contributed by atoms with Crippen LogP contribution in [0.15, 0.2) is 47.4 Å². The number of hydrogen-bond donors (Lipinski definition) is 0. The summed E-state index contributed by atoms with van der Waals surface area (Å²) in [7, 11) is 0. The van der Waals surface area contributed by atoms with Crippen molar-refractivity contribution in [3.8, 4) is 11.6 Å². The smallest absolute Gasteiger partial charge is 0.207 e. The monoisotopic (exact) mass is 312 g/mol. The largest absolute Gasteiger partial charge is 0.478 e. The van der Waals surface area contributed by atoms with Crippen LogP contribution in [-0.4, -0.2) is 16.2 Å². The third-order valence-corrected chi connectivity index (χ3v) is 4.09. The molecule has 0 bridgehead atoms. The quantitative estimate of drug-likeness (QED) is 0.692. The molecule has 0 saturated heterocycles. The summed E-state index contributed by atoms with van der Waals surface area (Å²) in [5, 5.41) is 1.23. The zero-order chi connectivity index (χ0) is 15.1. The molecule has 3 heterocycles. The van der Waals surface area contributed by atoms with Gasteiger partial charge in [0.25, 0.3) is 0 Å². The van der Waals surface area contributed by atoms with Crippen LogP contribution in [0.2, 0.25) is 5.02 Å². The van der Waals surface area contributed by atoms with Gasteiger partial charge in [-0.2, -0.15) is 0 Å². The lowest BCUT2D eigenvalue weighted by Crippen LogP contribution is -2.23. The van der Waals surface area contributed by atoms with Crippen molar-refractivity contribution in [3.63, 3.8) is 0 Å². The topological polar surface area (TPSA) is 44.1 Å². The number of rotatable bonds is 1. The van der Waals surface area contributed by atoms with Crippen LogP contribution < -0.4 is 10.2 Å². The van der Waals surface area contributed by atoms with Crippen molar-refractivity contribution in [2.24, 2.45) is 0 Å². The van der Waals surface area contributed by atoms with Crippen molar-refractivity contribution in [2.45, 2.75) is 12.8 Å². The molecule has 0 saturated carbocycles. The summed E-state index contributed by atoms with van der Waals surface area (Å²) in [5.74, 6) is 0.588. The number of benzene rings is 1. The van der Waals surface area contributed by atoms with Crippen LogP contribution in [0.1, 0.15) is 12.0 Å². The van der Waals surface area contributed by atoms with E-state index in [4.69, 9.17) is 16.3 Å². The number of halogens is 1. The van der Waals surface area contributed by atoms with Gasteiger partial charge >= 0.3 is 0 Å². The maximum absolute atomic E-state index is 12.7. The van der Waals surface area contributed by atoms with Gasteiger partial charge in [-0.3, -0.25) is 9.36 Å². The standard InChI is InChI=1S/C17H13ClN2O2/c18-11-4-1-5-12(10-11)20-16-13(6-2-8-19-16)15(21)14-7-3-9-22-17(14)20/h1-2,4-6,8,10H,3,7,9H2. The van der Waals surface area contributed by atoms with Gasteiger partial charge in [-0.15, -0.1) is 0 Å². The van der Waals surface area contributed by atoms with Crippen molar-refractivity contribution in [2.75, 3.05) is 6.61 Å². The molecule has 22 heavy (non-hydrogen) atoms. The SMILES string of the molecule is O=c1c2c(n(-c3cccc(Cl)c3)c3ncccc13)OCCC2. The van der Waals surface area contributed by atoms with E-state index in [9.17, 15) is 4.79 Å². The van der Waals surface area contributed by atoms with Gasteiger partial charge in [-0.25, -0.2) is 4.98 Å². The number of ether oxygens (including phenoxy) is 1. The second-order valence-corrected chi connectivity index (χ2v) is 5.69. The third-order valence-electron chi connectivity index (χ3n) is 3.85. The maximum Gasteiger partial charge on any atom is 0.207 e. The van der Waals surface area contributed by atoms with Crippen molar-refractivity contribution in [3.05, 3.63) is 63.4 Å². The normalized spacial score (nSPS) is 13.7. The number of fused-ring (bicyclic) bond motifs is 2. The molecule has 4 rings (SSSR count). The third kappa shape index (κ3) is 1.99. The first-order valence-corrected chi connectivity index (χ1v) is 7.55. The van der Waals surface area contributed by atoms with E-state index in [-0.39, 0.29) is 5.43 Å². The van der Waals surface area contributed by atoms with E-state index in [2.05, 4.69) is 4.98 Å². The second kappa shape index (κ2) is 5.14. The highest BCUT2D eigenvalue weighted by Crippen LogP contribution is 2.30. The Hall–Kier alpha value is -2.33. The molecule has 0 atom stereocenters. The fourth-order valence-electron chi connectivity index (χ4n) is 2.89. The molecule has 0 aliphatic carbocycles. The Morgan fingerprint density at radius 1 is 1.23 bits per heavy atom. The molecule has 0 N–H and O–H groups in total. The summed E-state index contributed by atoms with van der Waals surface area (Å²) < 4.78 is 7.70. The minimum atomic E-state index is 0.0103. The highest BCUT2D eigenvalue weighted by Gasteiger charge is 2.22. The molecule has 0 unspecified atom stereocenters. The molecule has 0 spiro atoms. The lowest BCUT2D eigenvalue weighted by atomic mass is 10.1. The summed E-state index contributed by atoms with van der Waals surface area (Å²) in [6.07, 6.45) is 3.25. The van der Waals surface area contributed by atoms with Gasteiger partial charge in [0.05, 0.1) is 23.2 Å². The van der Waals surface area contributed by atoms with Gasteiger partial charge < -0.3 is 4.74 Å². The molecule has 0 amide bonds. The molecule has 5 heteroatoms. The minimum Gasteiger partial charge on any atom is -0.478 e. The highest BCUT2D eigenvalue weighted by molar-refractivity contribution is 6.30. The van der Waals surface area contributed by atoms with Crippen LogP contribution in [0.5, 0.6) is 5.88 Å². The average molecular weight is 313 g/mol. The Labute approximate surface area is 131 Å². The fraction of sp³-hybridized carbons (Fsp3) is 0.176. The molecule has 0 radical (unpaired) electrons. The van der Waals surface area contributed by atoms with Crippen molar-refractivity contribution in [1.82, 2.24) is 9.55 Å². The number of hydrogen-bond acceptors (Lipinski definition) is 3. The lowest BCUT2D eigenvalue weighted by molar-refractivity contribution is 0.270. The van der Waals surface area contributed by atoms with E-state index < -0.39 is 0 Å². The highest BCUT2D eigenvalue weighted by atomic mass is 35.5. The van der Waals surface area contributed by atoms with Gasteiger partial charge in [0.15, 0.2) is 11.1 Å². The van der Waals surface area contributed by atoms with E-state index in [1.165, 1.54) is 0 Å². The molecular weight excluding hydrogens is 300 g/mol. The lowest BCUT2D eigenvalue weighted by Gasteiger charge is -2.23. The summed E-state index contributed by atoms with van der Waals surface area (Å²) in [6, 6.07) is 11.1. The Kier molecular flexibility index (Phi) is 3.12. The second-order valence-electron chi connectivity index (χ2n) is 5.25. The molecule has 0 fully saturated rings. The summed E-state index contributed by atoms with van der Waals surface area (Å²) in [4.78, 5) is 17.1. The van der Waals surface area contributed by atoms with Crippen LogP contribution in [-0.2, 0) is 6.42 Å². The summed E-state index contributed by atoms with van der Waals surface area (Å²) in [6.45, 7) is 0.603. The molecule has 4 nitrogen and oxygen atoms in total. The molecule has 2 aromatic heterocycles. The van der Waals surface area contributed by atoms with Crippen LogP contribution in [0.25, 0.3) is 16.7 Å². The molecule has 1 aliphatic rings. The van der Waals surface area contributed by atoms with Crippen molar-refractivity contribution in [1.29, 1.82) is 0 Å². The zero-order valence-electron chi connectivity index (χ0n) is 11.8. The predicted octanol–water partition coefficient (Wildman–Crippen LogP) is 3.36. The minimum absolute atomic E-state index is 0.0103. The molecular formula is C17H13ClN2O2. The predicted molar refractivity (Wildman–Crippen MR) is 86.2 cm³/mol. The maximum atomic E-state index is 12.7. The fourth-order valence-corrected chi connectivity index (χ4v) is 3.07. The first-order chi connectivity index (χ1) is 10.8.